The molecule has 306 valence electrons. The third-order valence-electron chi connectivity index (χ3n) is 9.82. The van der Waals surface area contributed by atoms with Gasteiger partial charge in [0.15, 0.2) is 11.0 Å². The van der Waals surface area contributed by atoms with Crippen LogP contribution < -0.4 is 14.4 Å². The predicted octanol–water partition coefficient (Wildman–Crippen LogP) is 10.3. The van der Waals surface area contributed by atoms with Crippen molar-refractivity contribution in [2.24, 2.45) is 0 Å². The number of nitrogens with zero attached hydrogens (tertiary/aromatic N) is 4. The smallest absolute Gasteiger partial charge is 0.282 e. The summed E-state index contributed by atoms with van der Waals surface area (Å²) in [4.78, 5) is 4.13. The second kappa shape index (κ2) is 21.6. The molecule has 1 aliphatic rings. The van der Waals surface area contributed by atoms with Gasteiger partial charge in [0, 0.05) is 42.8 Å². The zero-order valence-corrected chi connectivity index (χ0v) is 36.4. The first-order chi connectivity index (χ1) is 26.1. The summed E-state index contributed by atoms with van der Waals surface area (Å²) in [5, 5.41) is 1.50. The van der Waals surface area contributed by atoms with Gasteiger partial charge in [-0.1, -0.05) is 124 Å². The Morgan fingerprint density at radius 2 is 1.09 bits per heavy atom. The van der Waals surface area contributed by atoms with Crippen LogP contribution in [0, 0.1) is 0 Å². The molecule has 1 aromatic heterocycles. The van der Waals surface area contributed by atoms with Gasteiger partial charge in [-0.2, -0.15) is 0 Å². The maximum atomic E-state index is 11.6. The molecule has 0 unspecified atom stereocenters. The number of halogens is 4. The normalized spacial score (nSPS) is 14.4. The lowest BCUT2D eigenvalue weighted by atomic mass is 10.1. The van der Waals surface area contributed by atoms with Gasteiger partial charge in [0.05, 0.1) is 64.8 Å². The number of aromatic nitrogens is 2. The minimum atomic E-state index is -4.43. The van der Waals surface area contributed by atoms with E-state index in [2.05, 4.69) is 23.3 Å². The third-order valence-corrected chi connectivity index (χ3v) is 12.8. The third kappa shape index (κ3) is 13.5. The van der Waals surface area contributed by atoms with E-state index in [1.54, 1.807) is 12.1 Å². The molecule has 0 aliphatic carbocycles. The van der Waals surface area contributed by atoms with Crippen LogP contribution >= 0.6 is 46.4 Å². The summed E-state index contributed by atoms with van der Waals surface area (Å²) < 4.78 is 73.8. The Balaban J connectivity index is 1.81. The highest BCUT2D eigenvalue weighted by atomic mass is 35.5. The van der Waals surface area contributed by atoms with E-state index >= 15 is 0 Å². The molecule has 0 fully saturated rings. The van der Waals surface area contributed by atoms with Crippen LogP contribution in [0.1, 0.15) is 110 Å². The van der Waals surface area contributed by atoms with Crippen molar-refractivity contribution in [3.05, 3.63) is 68.2 Å². The fourth-order valence-electron chi connectivity index (χ4n) is 7.12. The van der Waals surface area contributed by atoms with Gasteiger partial charge in [-0.25, -0.2) is 26.0 Å². The van der Waals surface area contributed by atoms with Crippen LogP contribution in [0.25, 0.3) is 17.1 Å². The Morgan fingerprint density at radius 1 is 0.618 bits per heavy atom. The van der Waals surface area contributed by atoms with Crippen molar-refractivity contribution in [2.75, 3.05) is 34.4 Å². The maximum Gasteiger partial charge on any atom is 0.282 e. The molecule has 0 saturated carbocycles. The first-order valence-electron chi connectivity index (χ1n) is 19.4. The van der Waals surface area contributed by atoms with Gasteiger partial charge in [0.2, 0.25) is 0 Å². The first kappa shape index (κ1) is 45.7. The van der Waals surface area contributed by atoms with Crippen molar-refractivity contribution < 1.29 is 30.5 Å². The van der Waals surface area contributed by atoms with E-state index in [0.29, 0.717) is 33.2 Å². The fraction of sp³-hybridized carbons (Fsp3) is 0.564. The van der Waals surface area contributed by atoms with Gasteiger partial charge in [0.1, 0.15) is 5.82 Å². The van der Waals surface area contributed by atoms with Gasteiger partial charge in [-0.15, -0.1) is 0 Å². The van der Waals surface area contributed by atoms with Crippen LogP contribution in [0.4, 0.5) is 11.4 Å². The van der Waals surface area contributed by atoms with Crippen LogP contribution in [-0.4, -0.2) is 55.1 Å². The van der Waals surface area contributed by atoms with Crippen LogP contribution in [0.15, 0.2) is 42.2 Å². The average molecular weight is 880 g/mol. The Bertz CT molecular complexity index is 2040. The largest absolute Gasteiger partial charge is 0.748 e. The quantitative estimate of drug-likeness (QED) is 0.0494. The van der Waals surface area contributed by atoms with Gasteiger partial charge in [0.25, 0.3) is 5.82 Å². The van der Waals surface area contributed by atoms with Gasteiger partial charge in [-0.05, 0) is 50.3 Å². The molecular formula is C39H53Cl4N4O6S2-. The van der Waals surface area contributed by atoms with E-state index in [0.717, 1.165) is 85.4 Å². The zero-order chi connectivity index (χ0) is 40.2. The summed E-state index contributed by atoms with van der Waals surface area (Å²) in [6.45, 7) is 6.21. The molecule has 0 radical (unpaired) electrons. The molecule has 10 nitrogen and oxygen atoms in total. The van der Waals surface area contributed by atoms with Crippen molar-refractivity contribution in [3.8, 4) is 0 Å². The molecule has 2 heterocycles. The van der Waals surface area contributed by atoms with Crippen molar-refractivity contribution in [2.45, 2.75) is 117 Å². The standard InChI is InChI=1S/C39H54Cl4N4O6S2/c1-3-5-7-9-11-13-20-44-34-26-30(40)32(42)28-36(34)46(22-16-24-54(48,49)50)38(44)18-15-19-39-45(21-14-12-10-8-6-4-2)35-27-31(41)33(43)29-37(35)47(39)23-17-25-55(51,52)53/h15,18-19,26-29H,3-14,16-17,20-25H2,1-2H3,(H-,48,49,50,51,52,53)/p-1. The summed E-state index contributed by atoms with van der Waals surface area (Å²) in [6, 6.07) is 7.19. The lowest BCUT2D eigenvalue weighted by molar-refractivity contribution is -0.673. The van der Waals surface area contributed by atoms with Crippen molar-refractivity contribution in [3.63, 3.8) is 0 Å². The van der Waals surface area contributed by atoms with E-state index in [-0.39, 0.29) is 25.9 Å². The topological polar surface area (TPSA) is 130 Å². The number of unbranched alkanes of at least 4 members (excludes halogenated alkanes) is 10. The molecular weight excluding hydrogens is 826 g/mol. The number of rotatable bonds is 24. The highest BCUT2D eigenvalue weighted by Crippen LogP contribution is 2.46. The lowest BCUT2D eigenvalue weighted by Crippen LogP contribution is -2.37. The summed E-state index contributed by atoms with van der Waals surface area (Å²) >= 11 is 26.1. The highest BCUT2D eigenvalue weighted by Gasteiger charge is 2.32. The van der Waals surface area contributed by atoms with E-state index < -0.39 is 31.7 Å². The second-order valence-electron chi connectivity index (χ2n) is 14.1. The van der Waals surface area contributed by atoms with Crippen molar-refractivity contribution in [1.82, 2.24) is 4.57 Å². The highest BCUT2D eigenvalue weighted by molar-refractivity contribution is 7.85. The van der Waals surface area contributed by atoms with Gasteiger partial charge in [-0.3, -0.25) is 0 Å². The van der Waals surface area contributed by atoms with Crippen molar-refractivity contribution in [1.29, 1.82) is 0 Å². The van der Waals surface area contributed by atoms with E-state index in [4.69, 9.17) is 46.4 Å². The number of allylic oxidation sites excluding steroid dienone is 2. The molecule has 55 heavy (non-hydrogen) atoms. The number of fused-ring (bicyclic) bond motifs is 2. The molecule has 4 rings (SSSR count). The number of aryl methyl sites for hydroxylation is 2. The van der Waals surface area contributed by atoms with Gasteiger partial charge >= 0.3 is 0 Å². The summed E-state index contributed by atoms with van der Waals surface area (Å²) in [6.07, 6.45) is 19.1. The summed E-state index contributed by atoms with van der Waals surface area (Å²) in [5.74, 6) is 0.526. The van der Waals surface area contributed by atoms with E-state index in [9.17, 15) is 25.9 Å². The second-order valence-corrected chi connectivity index (χ2v) is 18.8. The molecule has 3 aromatic rings. The minimum Gasteiger partial charge on any atom is -0.748 e. The van der Waals surface area contributed by atoms with Gasteiger partial charge < -0.3 is 18.9 Å². The van der Waals surface area contributed by atoms with E-state index in [1.165, 1.54) is 25.7 Å². The predicted molar refractivity (Wildman–Crippen MR) is 226 cm³/mol. The van der Waals surface area contributed by atoms with Crippen LogP contribution in [0.5, 0.6) is 0 Å². The number of benzene rings is 2. The minimum absolute atomic E-state index is 0.105. The molecule has 1 aliphatic heterocycles. The molecule has 0 atom stereocenters. The fourth-order valence-corrected chi connectivity index (χ4v) is 8.72. The molecule has 0 bridgehead atoms. The SMILES string of the molecule is CCCCCCCCN1C(=CC=Cc2n(CCCCCCCC)c3cc(Cl)c(Cl)cc3[n+]2CCCS(=O)(=O)[O-])N(CCCS(=O)(=O)[O-])c2cc(Cl)c(Cl)cc21. The number of imidazole rings is 1. The van der Waals surface area contributed by atoms with Crippen LogP contribution in [0.3, 0.4) is 0 Å². The number of anilines is 2. The van der Waals surface area contributed by atoms with Crippen LogP contribution in [0.2, 0.25) is 20.1 Å². The summed E-state index contributed by atoms with van der Waals surface area (Å²) in [5.41, 5.74) is 3.20. The average Bonchev–Trinajstić information content (AvgIpc) is 3.53. The summed E-state index contributed by atoms with van der Waals surface area (Å²) in [7, 11) is -8.86. The zero-order valence-electron chi connectivity index (χ0n) is 31.8. The molecule has 16 heteroatoms. The maximum absolute atomic E-state index is 11.6. The molecule has 0 amide bonds. The Morgan fingerprint density at radius 3 is 1.65 bits per heavy atom. The van der Waals surface area contributed by atoms with E-state index in [1.807, 2.05) is 39.8 Å². The molecule has 0 spiro atoms. The lowest BCUT2D eigenvalue weighted by Gasteiger charge is -2.25. The molecule has 0 N–H and O–H groups in total. The Hall–Kier alpha value is -2.03. The molecule has 2 aromatic carbocycles. The number of hydrogen-bond donors (Lipinski definition) is 0. The van der Waals surface area contributed by atoms with Crippen LogP contribution in [-0.2, 0) is 33.3 Å². The Kier molecular flexibility index (Phi) is 18.0. The monoisotopic (exact) mass is 877 g/mol. The Labute approximate surface area is 347 Å². The molecule has 0 saturated heterocycles. The first-order valence-corrected chi connectivity index (χ1v) is 24.0. The number of hydrogen-bond acceptors (Lipinski definition) is 8. The van der Waals surface area contributed by atoms with Crippen molar-refractivity contribution >= 4 is 95.1 Å².